The molecule has 1 saturated heterocycles. The number of aliphatic hydroxyl groups excluding tert-OH is 3. The molecule has 3 heterocycles. The molecule has 10 heteroatoms. The van der Waals surface area contributed by atoms with Crippen molar-refractivity contribution >= 4 is 5.97 Å². The number of carboxylic acid groups (broad SMARTS) is 1. The summed E-state index contributed by atoms with van der Waals surface area (Å²) in [7, 11) is 0. The van der Waals surface area contributed by atoms with Gasteiger partial charge in [0.1, 0.15) is 29.9 Å². The second kappa shape index (κ2) is 7.87. The first kappa shape index (κ1) is 19.7. The van der Waals surface area contributed by atoms with E-state index in [1.54, 1.807) is 31.5 Å². The van der Waals surface area contributed by atoms with E-state index in [0.717, 1.165) is 5.56 Å². The van der Waals surface area contributed by atoms with Crippen molar-refractivity contribution in [3.63, 3.8) is 0 Å². The van der Waals surface area contributed by atoms with E-state index < -0.39 is 36.7 Å². The van der Waals surface area contributed by atoms with Crippen molar-refractivity contribution in [2.75, 3.05) is 0 Å². The summed E-state index contributed by atoms with van der Waals surface area (Å²) < 4.78 is 10.5. The first-order valence-corrected chi connectivity index (χ1v) is 8.24. The minimum Gasteiger partial charge on any atom is -0.479 e. The zero-order chi connectivity index (χ0) is 20.4. The highest BCUT2D eigenvalue weighted by Crippen LogP contribution is 2.30. The zero-order valence-electron chi connectivity index (χ0n) is 14.6. The van der Waals surface area contributed by atoms with E-state index in [-0.39, 0.29) is 11.4 Å². The number of nitrogens with zero attached hydrogens (tertiary/aromatic N) is 3. The summed E-state index contributed by atoms with van der Waals surface area (Å²) in [5.74, 6) is -1.74. The number of aromatic nitrogens is 2. The van der Waals surface area contributed by atoms with E-state index in [0.29, 0.717) is 11.3 Å². The van der Waals surface area contributed by atoms with Gasteiger partial charge in [0.25, 0.3) is 0 Å². The van der Waals surface area contributed by atoms with Gasteiger partial charge < -0.3 is 29.9 Å². The second-order valence-electron chi connectivity index (χ2n) is 6.17. The van der Waals surface area contributed by atoms with Gasteiger partial charge in [0.05, 0.1) is 0 Å². The van der Waals surface area contributed by atoms with Crippen LogP contribution in [0.15, 0.2) is 30.6 Å². The van der Waals surface area contributed by atoms with Gasteiger partial charge in [-0.05, 0) is 30.7 Å². The number of pyridine rings is 2. The van der Waals surface area contributed by atoms with E-state index in [4.69, 9.17) is 14.6 Å². The van der Waals surface area contributed by atoms with Crippen LogP contribution in [0.3, 0.4) is 0 Å². The maximum atomic E-state index is 11.2. The Kier molecular flexibility index (Phi) is 5.53. The van der Waals surface area contributed by atoms with Crippen LogP contribution in [-0.4, -0.2) is 67.1 Å². The van der Waals surface area contributed by atoms with Crippen LogP contribution in [0.5, 0.6) is 5.88 Å². The number of rotatable bonds is 4. The molecule has 1 aliphatic heterocycles. The Morgan fingerprint density at radius 2 is 1.89 bits per heavy atom. The van der Waals surface area contributed by atoms with Gasteiger partial charge >= 0.3 is 5.97 Å². The molecule has 5 atom stereocenters. The Labute approximate surface area is 159 Å². The largest absolute Gasteiger partial charge is 0.479 e. The fourth-order valence-electron chi connectivity index (χ4n) is 2.84. The van der Waals surface area contributed by atoms with Crippen molar-refractivity contribution in [3.05, 3.63) is 41.9 Å². The van der Waals surface area contributed by atoms with Gasteiger partial charge in [-0.25, -0.2) is 9.78 Å². The molecule has 2 aromatic heterocycles. The third-order valence-electron chi connectivity index (χ3n) is 4.33. The van der Waals surface area contributed by atoms with Crippen LogP contribution in [0, 0.1) is 18.3 Å². The molecule has 0 unspecified atom stereocenters. The summed E-state index contributed by atoms with van der Waals surface area (Å²) >= 11 is 0. The monoisotopic (exact) mass is 387 g/mol. The third kappa shape index (κ3) is 3.64. The SMILES string of the molecule is Cc1nc(O[C@@H]2O[C@H](C(=O)O)[C@@H](O)[C@H](O)[C@H]2O)c(C#N)cc1-c1ccncc1. The molecule has 28 heavy (non-hydrogen) atoms. The Morgan fingerprint density at radius 3 is 2.50 bits per heavy atom. The number of nitriles is 1. The average molecular weight is 387 g/mol. The lowest BCUT2D eigenvalue weighted by atomic mass is 9.99. The average Bonchev–Trinajstić information content (AvgIpc) is 2.69. The topological polar surface area (TPSA) is 166 Å². The molecule has 1 fully saturated rings. The number of hydrogen-bond acceptors (Lipinski definition) is 9. The van der Waals surface area contributed by atoms with Crippen molar-refractivity contribution in [2.24, 2.45) is 0 Å². The van der Waals surface area contributed by atoms with Crippen molar-refractivity contribution in [1.29, 1.82) is 5.26 Å². The number of carboxylic acids is 1. The maximum Gasteiger partial charge on any atom is 0.335 e. The van der Waals surface area contributed by atoms with Gasteiger partial charge in [-0.2, -0.15) is 5.26 Å². The molecule has 0 saturated carbocycles. The number of hydrogen-bond donors (Lipinski definition) is 4. The van der Waals surface area contributed by atoms with Crippen molar-refractivity contribution in [1.82, 2.24) is 9.97 Å². The molecule has 0 spiro atoms. The summed E-state index contributed by atoms with van der Waals surface area (Å²) in [5, 5.41) is 48.2. The second-order valence-corrected chi connectivity index (χ2v) is 6.17. The van der Waals surface area contributed by atoms with Crippen LogP contribution >= 0.6 is 0 Å². The molecule has 4 N–H and O–H groups in total. The fraction of sp³-hybridized carbons (Fsp3) is 0.333. The molecule has 0 amide bonds. The molecule has 0 bridgehead atoms. The van der Waals surface area contributed by atoms with Gasteiger partial charge in [0.2, 0.25) is 12.2 Å². The minimum atomic E-state index is -1.84. The molecule has 0 radical (unpaired) electrons. The lowest BCUT2D eigenvalue weighted by molar-refractivity contribution is -0.271. The smallest absolute Gasteiger partial charge is 0.335 e. The quantitative estimate of drug-likeness (QED) is 0.542. The Morgan fingerprint density at radius 1 is 1.21 bits per heavy atom. The number of aliphatic hydroxyl groups is 3. The maximum absolute atomic E-state index is 11.2. The molecule has 0 aliphatic carbocycles. The summed E-state index contributed by atoms with van der Waals surface area (Å²) in [6.45, 7) is 1.68. The fourth-order valence-corrected chi connectivity index (χ4v) is 2.84. The first-order valence-electron chi connectivity index (χ1n) is 8.24. The van der Waals surface area contributed by atoms with Crippen LogP contribution in [0.2, 0.25) is 0 Å². The first-order chi connectivity index (χ1) is 13.3. The Hall–Kier alpha value is -3.10. The molecule has 3 rings (SSSR count). The Balaban J connectivity index is 1.93. The lowest BCUT2D eigenvalue weighted by Gasteiger charge is -2.38. The lowest BCUT2D eigenvalue weighted by Crippen LogP contribution is -2.61. The van der Waals surface area contributed by atoms with Crippen LogP contribution < -0.4 is 4.74 Å². The van der Waals surface area contributed by atoms with Crippen molar-refractivity contribution in [3.8, 4) is 23.1 Å². The van der Waals surface area contributed by atoms with E-state index in [1.807, 2.05) is 6.07 Å². The Bertz CT molecular complexity index is 915. The molecular formula is C18H17N3O7. The molecule has 10 nitrogen and oxygen atoms in total. The zero-order valence-corrected chi connectivity index (χ0v) is 14.6. The summed E-state index contributed by atoms with van der Waals surface area (Å²) in [5.41, 5.74) is 1.96. The highest BCUT2D eigenvalue weighted by Gasteiger charge is 2.48. The molecule has 1 aliphatic rings. The highest BCUT2D eigenvalue weighted by molar-refractivity contribution is 5.73. The number of aryl methyl sites for hydroxylation is 1. The highest BCUT2D eigenvalue weighted by atomic mass is 16.7. The minimum absolute atomic E-state index is 0.0145. The standard InChI is InChI=1S/C18H17N3O7/c1-8-11(9-2-4-20-5-3-9)6-10(7-19)16(21-8)28-18-14(24)12(22)13(23)15(27-18)17(25)26/h2-6,12-15,18,22-24H,1H3,(H,25,26)/t12-,13-,14+,15-,18-/m0/s1. The number of aliphatic carboxylic acids is 1. The van der Waals surface area contributed by atoms with Crippen molar-refractivity contribution in [2.45, 2.75) is 37.6 Å². The van der Waals surface area contributed by atoms with Crippen LogP contribution in [0.4, 0.5) is 0 Å². The summed E-state index contributed by atoms with van der Waals surface area (Å²) in [6.07, 6.45) is -5.68. The molecule has 2 aromatic rings. The van der Waals surface area contributed by atoms with Gasteiger partial charge in [-0.1, -0.05) is 0 Å². The van der Waals surface area contributed by atoms with Crippen LogP contribution in [-0.2, 0) is 9.53 Å². The normalized spacial score (nSPS) is 27.0. The summed E-state index contributed by atoms with van der Waals surface area (Å²) in [4.78, 5) is 19.3. The van der Waals surface area contributed by atoms with Gasteiger partial charge in [0.15, 0.2) is 6.10 Å². The van der Waals surface area contributed by atoms with E-state index >= 15 is 0 Å². The number of ether oxygens (including phenoxy) is 2. The molecule has 0 aromatic carbocycles. The van der Waals surface area contributed by atoms with Crippen molar-refractivity contribution < 1.29 is 34.7 Å². The number of carbonyl (C=O) groups is 1. The van der Waals surface area contributed by atoms with Crippen LogP contribution in [0.25, 0.3) is 11.1 Å². The third-order valence-corrected chi connectivity index (χ3v) is 4.33. The predicted octanol–water partition coefficient (Wildman–Crippen LogP) is -0.405. The van der Waals surface area contributed by atoms with E-state index in [2.05, 4.69) is 9.97 Å². The van der Waals surface area contributed by atoms with E-state index in [1.165, 1.54) is 6.07 Å². The van der Waals surface area contributed by atoms with Gasteiger partial charge in [-0.3, -0.25) is 4.98 Å². The van der Waals surface area contributed by atoms with Gasteiger partial charge in [0, 0.05) is 23.7 Å². The van der Waals surface area contributed by atoms with E-state index in [9.17, 15) is 25.4 Å². The molecular weight excluding hydrogens is 370 g/mol. The van der Waals surface area contributed by atoms with Crippen LogP contribution in [0.1, 0.15) is 11.3 Å². The predicted molar refractivity (Wildman–Crippen MR) is 91.9 cm³/mol. The van der Waals surface area contributed by atoms with Gasteiger partial charge in [-0.15, -0.1) is 0 Å². The molecule has 146 valence electrons. The summed E-state index contributed by atoms with van der Waals surface area (Å²) in [6, 6.07) is 6.94.